The Bertz CT molecular complexity index is 863. The van der Waals surface area contributed by atoms with Crippen LogP contribution >= 0.6 is 0 Å². The van der Waals surface area contributed by atoms with E-state index in [1.54, 1.807) is 22.8 Å². The number of ether oxygens (including phenoxy) is 3. The molecule has 0 saturated carbocycles. The maximum Gasteiger partial charge on any atom is 0.312 e. The molecule has 1 N–H and O–H groups in total. The van der Waals surface area contributed by atoms with Crippen LogP contribution in [0.15, 0.2) is 12.7 Å². The minimum absolute atomic E-state index is 0.0122. The number of morpholine rings is 1. The van der Waals surface area contributed by atoms with Crippen LogP contribution in [0.5, 0.6) is 0 Å². The maximum absolute atomic E-state index is 14.3. The molecule has 37 heavy (non-hydrogen) atoms. The molecule has 5 atom stereocenters. The summed E-state index contributed by atoms with van der Waals surface area (Å²) in [4.78, 5) is 47.2. The van der Waals surface area contributed by atoms with Crippen LogP contribution in [-0.4, -0.2) is 121 Å². The van der Waals surface area contributed by atoms with Gasteiger partial charge in [0.05, 0.1) is 31.3 Å². The van der Waals surface area contributed by atoms with Crippen LogP contribution < -0.4 is 0 Å². The molecule has 0 aromatic rings. The van der Waals surface area contributed by atoms with Crippen molar-refractivity contribution >= 4 is 17.8 Å². The van der Waals surface area contributed by atoms with Crippen molar-refractivity contribution in [2.24, 2.45) is 11.8 Å². The molecule has 0 aromatic heterocycles. The van der Waals surface area contributed by atoms with Gasteiger partial charge in [0.2, 0.25) is 11.8 Å². The molecule has 4 aliphatic rings. The van der Waals surface area contributed by atoms with Gasteiger partial charge in [-0.25, -0.2) is 0 Å². The third-order valence-electron chi connectivity index (χ3n) is 8.71. The van der Waals surface area contributed by atoms with E-state index in [1.165, 1.54) is 0 Å². The fourth-order valence-corrected chi connectivity index (χ4v) is 6.93. The molecule has 10 heteroatoms. The first kappa shape index (κ1) is 28.0. The Morgan fingerprint density at radius 1 is 1.22 bits per heavy atom. The van der Waals surface area contributed by atoms with Gasteiger partial charge < -0.3 is 29.1 Å². The van der Waals surface area contributed by atoms with E-state index < -0.39 is 35.0 Å². The summed E-state index contributed by atoms with van der Waals surface area (Å²) in [6, 6.07) is -0.818. The highest BCUT2D eigenvalue weighted by molar-refractivity contribution is 5.98. The molecule has 4 aliphatic heterocycles. The number of hydrogen-bond acceptors (Lipinski definition) is 8. The van der Waals surface area contributed by atoms with Crippen molar-refractivity contribution < 1.29 is 33.7 Å². The van der Waals surface area contributed by atoms with Gasteiger partial charge in [-0.2, -0.15) is 0 Å². The van der Waals surface area contributed by atoms with E-state index in [0.717, 1.165) is 13.1 Å². The molecular weight excluding hydrogens is 478 g/mol. The zero-order chi connectivity index (χ0) is 26.6. The number of amides is 2. The predicted octanol–water partition coefficient (Wildman–Crippen LogP) is 0.824. The van der Waals surface area contributed by atoms with Gasteiger partial charge in [0.1, 0.15) is 17.6 Å². The van der Waals surface area contributed by atoms with Gasteiger partial charge >= 0.3 is 5.97 Å². The number of rotatable bonds is 13. The van der Waals surface area contributed by atoms with Gasteiger partial charge in [-0.1, -0.05) is 13.0 Å². The molecule has 1 spiro atoms. The molecule has 4 fully saturated rings. The average molecular weight is 522 g/mol. The summed E-state index contributed by atoms with van der Waals surface area (Å²) >= 11 is 0. The fourth-order valence-electron chi connectivity index (χ4n) is 6.93. The first-order valence-electron chi connectivity index (χ1n) is 13.9. The topological polar surface area (TPSA) is 109 Å². The van der Waals surface area contributed by atoms with Crippen LogP contribution in [-0.2, 0) is 28.6 Å². The number of carbonyl (C=O) groups is 3. The summed E-state index contributed by atoms with van der Waals surface area (Å²) in [5, 5.41) is 9.35. The number of esters is 1. The van der Waals surface area contributed by atoms with Crippen LogP contribution in [0.25, 0.3) is 0 Å². The first-order chi connectivity index (χ1) is 17.9. The van der Waals surface area contributed by atoms with Crippen LogP contribution in [0.2, 0.25) is 0 Å². The lowest BCUT2D eigenvalue weighted by atomic mass is 9.65. The van der Waals surface area contributed by atoms with Gasteiger partial charge in [0, 0.05) is 45.9 Å². The van der Waals surface area contributed by atoms with Crippen molar-refractivity contribution in [1.29, 1.82) is 0 Å². The number of fused-ring (bicyclic) bond motifs is 1. The summed E-state index contributed by atoms with van der Waals surface area (Å²) in [5.74, 6) is -2.25. The third kappa shape index (κ3) is 4.93. The van der Waals surface area contributed by atoms with E-state index in [1.807, 2.05) is 6.92 Å². The normalized spacial score (nSPS) is 33.0. The lowest BCUT2D eigenvalue weighted by molar-refractivity contribution is -0.161. The molecule has 2 bridgehead atoms. The average Bonchev–Trinajstić information content (AvgIpc) is 3.51. The molecule has 0 radical (unpaired) electrons. The van der Waals surface area contributed by atoms with Crippen LogP contribution in [0, 0.1) is 11.8 Å². The van der Waals surface area contributed by atoms with E-state index in [9.17, 15) is 19.5 Å². The Morgan fingerprint density at radius 3 is 2.62 bits per heavy atom. The number of aliphatic hydroxyl groups excluding tert-OH is 1. The number of aliphatic hydroxyl groups is 1. The van der Waals surface area contributed by atoms with Crippen LogP contribution in [0.4, 0.5) is 0 Å². The SMILES string of the molecule is C=CCN(CCN1CCOCC1)C(=O)C1N(CCCCO)C(=O)[C@@H]2[C@H](C(=O)OCC)[C@]3(CC)CCC12O3. The second-order valence-corrected chi connectivity index (χ2v) is 10.6. The van der Waals surface area contributed by atoms with Gasteiger partial charge in [-0.3, -0.25) is 19.3 Å². The molecule has 2 amide bonds. The molecule has 4 saturated heterocycles. The number of nitrogens with zero attached hydrogens (tertiary/aromatic N) is 3. The smallest absolute Gasteiger partial charge is 0.312 e. The highest BCUT2D eigenvalue weighted by Crippen LogP contribution is 2.64. The fraction of sp³-hybridized carbons (Fsp3) is 0.815. The van der Waals surface area contributed by atoms with E-state index in [4.69, 9.17) is 14.2 Å². The number of carbonyl (C=O) groups excluding carboxylic acids is 3. The second-order valence-electron chi connectivity index (χ2n) is 10.6. The number of likely N-dealkylation sites (tertiary alicyclic amines) is 1. The molecule has 4 rings (SSSR count). The zero-order valence-electron chi connectivity index (χ0n) is 22.4. The molecule has 10 nitrogen and oxygen atoms in total. The van der Waals surface area contributed by atoms with Gasteiger partial charge in [0.25, 0.3) is 0 Å². The minimum atomic E-state index is -1.06. The Hall–Kier alpha value is -2.01. The highest BCUT2D eigenvalue weighted by Gasteiger charge is 2.79. The van der Waals surface area contributed by atoms with Crippen molar-refractivity contribution in [2.45, 2.75) is 63.2 Å². The van der Waals surface area contributed by atoms with Crippen molar-refractivity contribution in [2.75, 3.05) is 65.7 Å². The quantitative estimate of drug-likeness (QED) is 0.216. The first-order valence-corrected chi connectivity index (χ1v) is 13.9. The van der Waals surface area contributed by atoms with Crippen molar-refractivity contribution in [3.8, 4) is 0 Å². The van der Waals surface area contributed by atoms with Crippen molar-refractivity contribution in [1.82, 2.24) is 14.7 Å². The van der Waals surface area contributed by atoms with Gasteiger partial charge in [0.15, 0.2) is 0 Å². The summed E-state index contributed by atoms with van der Waals surface area (Å²) < 4.78 is 17.6. The molecule has 2 unspecified atom stereocenters. The Kier molecular flexibility index (Phi) is 8.93. The third-order valence-corrected chi connectivity index (χ3v) is 8.71. The molecule has 0 aliphatic carbocycles. The van der Waals surface area contributed by atoms with Crippen LogP contribution in [0.1, 0.15) is 46.0 Å². The Morgan fingerprint density at radius 2 is 1.97 bits per heavy atom. The predicted molar refractivity (Wildman–Crippen MR) is 136 cm³/mol. The van der Waals surface area contributed by atoms with E-state index >= 15 is 0 Å². The zero-order valence-corrected chi connectivity index (χ0v) is 22.4. The van der Waals surface area contributed by atoms with Crippen molar-refractivity contribution in [3.05, 3.63) is 12.7 Å². The van der Waals surface area contributed by atoms with Crippen molar-refractivity contribution in [3.63, 3.8) is 0 Å². The van der Waals surface area contributed by atoms with Gasteiger partial charge in [-0.15, -0.1) is 6.58 Å². The van der Waals surface area contributed by atoms with Gasteiger partial charge in [-0.05, 0) is 39.0 Å². The minimum Gasteiger partial charge on any atom is -0.466 e. The van der Waals surface area contributed by atoms with E-state index in [2.05, 4.69) is 11.5 Å². The summed E-state index contributed by atoms with van der Waals surface area (Å²) in [6.07, 6.45) is 4.53. The highest BCUT2D eigenvalue weighted by atomic mass is 16.6. The Balaban J connectivity index is 1.66. The number of unbranched alkanes of at least 4 members (excludes halogenated alkanes) is 1. The molecule has 4 heterocycles. The lowest BCUT2D eigenvalue weighted by Gasteiger charge is -2.37. The largest absolute Gasteiger partial charge is 0.466 e. The standard InChI is InChI=1S/C27H43N3O7/c1-4-11-29(14-13-28-15-18-35-19-16-28)24(33)22-27-10-9-26(5-2,37-27)21(25(34)36-6-3)20(27)23(32)30(22)12-7-8-17-31/h4,20-22,31H,1,5-19H2,2-3H3/t20-,21+,22?,26-,27?/m0/s1. The second kappa shape index (κ2) is 11.8. The van der Waals surface area contributed by atoms with E-state index in [-0.39, 0.29) is 25.0 Å². The molecule has 0 aromatic carbocycles. The molecule has 208 valence electrons. The molecular formula is C27H43N3O7. The summed E-state index contributed by atoms with van der Waals surface area (Å²) in [5.41, 5.74) is -1.85. The lowest BCUT2D eigenvalue weighted by Crippen LogP contribution is -2.57. The number of hydrogen-bond donors (Lipinski definition) is 1. The summed E-state index contributed by atoms with van der Waals surface area (Å²) in [7, 11) is 0. The summed E-state index contributed by atoms with van der Waals surface area (Å²) in [6.45, 7) is 12.7. The monoisotopic (exact) mass is 521 g/mol. The van der Waals surface area contributed by atoms with E-state index in [0.29, 0.717) is 71.5 Å². The Labute approximate surface area is 219 Å². The maximum atomic E-state index is 14.3. The van der Waals surface area contributed by atoms with Crippen LogP contribution in [0.3, 0.4) is 0 Å².